The molecule has 0 aliphatic heterocycles. The van der Waals surface area contributed by atoms with Gasteiger partial charge < -0.3 is 5.32 Å². The molecule has 2 nitrogen and oxygen atoms in total. The SMILES string of the molecule is CCCCS(=O)CC(CCC)NCC. The van der Waals surface area contributed by atoms with Gasteiger partial charge in [-0.3, -0.25) is 4.21 Å². The number of hydrogen-bond donors (Lipinski definition) is 1. The molecule has 0 saturated heterocycles. The van der Waals surface area contributed by atoms with E-state index in [-0.39, 0.29) is 0 Å². The first-order chi connectivity index (χ1) is 6.74. The van der Waals surface area contributed by atoms with Crippen LogP contribution in [0.25, 0.3) is 0 Å². The minimum atomic E-state index is -0.615. The molecule has 0 aromatic carbocycles. The first-order valence-corrected chi connectivity index (χ1v) is 7.31. The predicted molar refractivity (Wildman–Crippen MR) is 65.2 cm³/mol. The number of nitrogens with one attached hydrogen (secondary N) is 1. The van der Waals surface area contributed by atoms with E-state index in [0.29, 0.717) is 6.04 Å². The first kappa shape index (κ1) is 14.1. The second-order valence-electron chi connectivity index (χ2n) is 3.71. The molecule has 0 amide bonds. The highest BCUT2D eigenvalue weighted by Gasteiger charge is 2.09. The molecule has 2 atom stereocenters. The summed E-state index contributed by atoms with van der Waals surface area (Å²) in [6.07, 6.45) is 4.55. The third-order valence-electron chi connectivity index (χ3n) is 2.24. The van der Waals surface area contributed by atoms with Gasteiger partial charge in [-0.15, -0.1) is 0 Å². The van der Waals surface area contributed by atoms with Crippen LogP contribution in [0.1, 0.15) is 46.5 Å². The summed E-state index contributed by atoms with van der Waals surface area (Å²) < 4.78 is 11.6. The van der Waals surface area contributed by atoms with Crippen molar-refractivity contribution in [3.05, 3.63) is 0 Å². The summed E-state index contributed by atoms with van der Waals surface area (Å²) in [5, 5.41) is 3.40. The van der Waals surface area contributed by atoms with Crippen molar-refractivity contribution in [3.8, 4) is 0 Å². The van der Waals surface area contributed by atoms with E-state index in [1.54, 1.807) is 0 Å². The largest absolute Gasteiger partial charge is 0.313 e. The fourth-order valence-corrected chi connectivity index (χ4v) is 3.01. The lowest BCUT2D eigenvalue weighted by atomic mass is 10.2. The first-order valence-electron chi connectivity index (χ1n) is 5.82. The molecule has 0 radical (unpaired) electrons. The van der Waals surface area contributed by atoms with Crippen LogP contribution >= 0.6 is 0 Å². The Morgan fingerprint density at radius 3 is 2.43 bits per heavy atom. The topological polar surface area (TPSA) is 29.1 Å². The predicted octanol–water partition coefficient (Wildman–Crippen LogP) is 2.31. The van der Waals surface area contributed by atoms with Crippen LogP contribution in [0.3, 0.4) is 0 Å². The van der Waals surface area contributed by atoms with Gasteiger partial charge in [0.05, 0.1) is 0 Å². The molecule has 0 spiro atoms. The van der Waals surface area contributed by atoms with Crippen LogP contribution in [-0.2, 0) is 10.8 Å². The second kappa shape index (κ2) is 9.66. The molecule has 1 N–H and O–H groups in total. The Bertz CT molecular complexity index is 144. The Balaban J connectivity index is 3.71. The monoisotopic (exact) mass is 219 g/mol. The molecule has 0 heterocycles. The molecule has 0 aromatic rings. The van der Waals surface area contributed by atoms with E-state index in [2.05, 4.69) is 26.1 Å². The van der Waals surface area contributed by atoms with Gasteiger partial charge in [0.15, 0.2) is 0 Å². The highest BCUT2D eigenvalue weighted by molar-refractivity contribution is 7.85. The average molecular weight is 219 g/mol. The maximum Gasteiger partial charge on any atom is 0.0388 e. The van der Waals surface area contributed by atoms with Crippen molar-refractivity contribution in [2.75, 3.05) is 18.1 Å². The molecule has 0 aliphatic carbocycles. The van der Waals surface area contributed by atoms with Gasteiger partial charge >= 0.3 is 0 Å². The Morgan fingerprint density at radius 1 is 1.21 bits per heavy atom. The average Bonchev–Trinajstić information content (AvgIpc) is 2.15. The summed E-state index contributed by atoms with van der Waals surface area (Å²) in [6, 6.07) is 0.461. The van der Waals surface area contributed by atoms with Crippen molar-refractivity contribution in [1.29, 1.82) is 0 Å². The van der Waals surface area contributed by atoms with E-state index in [1.807, 2.05) is 0 Å². The summed E-state index contributed by atoms with van der Waals surface area (Å²) >= 11 is 0. The van der Waals surface area contributed by atoms with Gasteiger partial charge in [0.25, 0.3) is 0 Å². The number of unbranched alkanes of at least 4 members (excludes halogenated alkanes) is 1. The van der Waals surface area contributed by atoms with Crippen LogP contribution in [0.15, 0.2) is 0 Å². The zero-order chi connectivity index (χ0) is 10.8. The second-order valence-corrected chi connectivity index (χ2v) is 5.33. The van der Waals surface area contributed by atoms with Crippen LogP contribution in [-0.4, -0.2) is 28.3 Å². The van der Waals surface area contributed by atoms with Gasteiger partial charge in [-0.05, 0) is 19.4 Å². The highest BCUT2D eigenvalue weighted by Crippen LogP contribution is 2.01. The fraction of sp³-hybridized carbons (Fsp3) is 1.00. The highest BCUT2D eigenvalue weighted by atomic mass is 32.2. The summed E-state index contributed by atoms with van der Waals surface area (Å²) in [5.74, 6) is 1.71. The third-order valence-corrected chi connectivity index (χ3v) is 3.76. The summed E-state index contributed by atoms with van der Waals surface area (Å²) in [5.41, 5.74) is 0. The number of hydrogen-bond acceptors (Lipinski definition) is 2. The Labute approximate surface area is 91.3 Å². The molecule has 14 heavy (non-hydrogen) atoms. The molecule has 2 unspecified atom stereocenters. The minimum absolute atomic E-state index is 0.461. The van der Waals surface area contributed by atoms with Crippen molar-refractivity contribution in [2.24, 2.45) is 0 Å². The lowest BCUT2D eigenvalue weighted by molar-refractivity contribution is 0.525. The van der Waals surface area contributed by atoms with Crippen LogP contribution in [0, 0.1) is 0 Å². The molecular weight excluding hydrogens is 194 g/mol. The Morgan fingerprint density at radius 2 is 1.93 bits per heavy atom. The lowest BCUT2D eigenvalue weighted by Crippen LogP contribution is -2.34. The molecular formula is C11H25NOS. The van der Waals surface area contributed by atoms with Gasteiger partial charge in [0.2, 0.25) is 0 Å². The maximum absolute atomic E-state index is 11.6. The van der Waals surface area contributed by atoms with E-state index < -0.39 is 10.8 Å². The molecule has 0 fully saturated rings. The van der Waals surface area contributed by atoms with Gasteiger partial charge in [0.1, 0.15) is 0 Å². The van der Waals surface area contributed by atoms with E-state index in [9.17, 15) is 4.21 Å². The molecule has 86 valence electrons. The third kappa shape index (κ3) is 7.51. The van der Waals surface area contributed by atoms with Crippen molar-refractivity contribution in [1.82, 2.24) is 5.32 Å². The molecule has 0 saturated carbocycles. The van der Waals surface area contributed by atoms with Crippen LogP contribution < -0.4 is 5.32 Å². The molecule has 3 heteroatoms. The van der Waals surface area contributed by atoms with Gasteiger partial charge in [-0.1, -0.05) is 33.6 Å². The Kier molecular flexibility index (Phi) is 9.73. The summed E-state index contributed by atoms with van der Waals surface area (Å²) in [6.45, 7) is 7.41. The van der Waals surface area contributed by atoms with Crippen LogP contribution in [0.2, 0.25) is 0 Å². The summed E-state index contributed by atoms with van der Waals surface area (Å²) in [4.78, 5) is 0. The lowest BCUT2D eigenvalue weighted by Gasteiger charge is -2.16. The van der Waals surface area contributed by atoms with E-state index in [4.69, 9.17) is 0 Å². The minimum Gasteiger partial charge on any atom is -0.313 e. The zero-order valence-corrected chi connectivity index (χ0v) is 10.7. The van der Waals surface area contributed by atoms with Gasteiger partial charge in [-0.2, -0.15) is 0 Å². The summed E-state index contributed by atoms with van der Waals surface area (Å²) in [7, 11) is -0.615. The van der Waals surface area contributed by atoms with Crippen molar-refractivity contribution < 1.29 is 4.21 Å². The molecule has 0 rings (SSSR count). The number of rotatable bonds is 9. The normalized spacial score (nSPS) is 15.4. The maximum atomic E-state index is 11.6. The van der Waals surface area contributed by atoms with Gasteiger partial charge in [-0.25, -0.2) is 0 Å². The molecule has 0 aromatic heterocycles. The van der Waals surface area contributed by atoms with Crippen LogP contribution in [0.4, 0.5) is 0 Å². The van der Waals surface area contributed by atoms with Crippen molar-refractivity contribution in [3.63, 3.8) is 0 Å². The molecule has 0 aliphatic rings. The fourth-order valence-electron chi connectivity index (χ4n) is 1.49. The van der Waals surface area contributed by atoms with Crippen LogP contribution in [0.5, 0.6) is 0 Å². The van der Waals surface area contributed by atoms with Crippen molar-refractivity contribution >= 4 is 10.8 Å². The standard InChI is InChI=1S/C11H25NOS/c1-4-7-9-14(13)10-11(8-5-2)12-6-3/h11-12H,4-10H2,1-3H3. The Hall–Kier alpha value is 0.110. The quantitative estimate of drug-likeness (QED) is 0.645. The van der Waals surface area contributed by atoms with E-state index in [0.717, 1.165) is 37.3 Å². The van der Waals surface area contributed by atoms with Gasteiger partial charge in [0, 0.05) is 28.3 Å². The van der Waals surface area contributed by atoms with E-state index >= 15 is 0 Å². The van der Waals surface area contributed by atoms with Crippen molar-refractivity contribution in [2.45, 2.75) is 52.5 Å². The molecule has 0 bridgehead atoms. The van der Waals surface area contributed by atoms with E-state index in [1.165, 1.54) is 6.42 Å². The smallest absolute Gasteiger partial charge is 0.0388 e. The zero-order valence-electron chi connectivity index (χ0n) is 9.84.